The second-order valence-electron chi connectivity index (χ2n) is 5.13. The van der Waals surface area contributed by atoms with Gasteiger partial charge in [0.05, 0.1) is 14.2 Å². The van der Waals surface area contributed by atoms with Gasteiger partial charge in [0.15, 0.2) is 0 Å². The van der Waals surface area contributed by atoms with Gasteiger partial charge in [-0.2, -0.15) is 0 Å². The smallest absolute Gasteiger partial charge is 0.320 e. The Morgan fingerprint density at radius 2 is 2.08 bits per heavy atom. The zero-order chi connectivity index (χ0) is 17.5. The lowest BCUT2D eigenvalue weighted by atomic mass is 10.1. The van der Waals surface area contributed by atoms with Crippen LogP contribution in [0, 0.1) is 6.92 Å². The fourth-order valence-corrected chi connectivity index (χ4v) is 2.17. The number of nitrogens with one attached hydrogen (secondary N) is 2. The molecule has 0 aliphatic heterocycles. The second kappa shape index (κ2) is 8.16. The predicted molar refractivity (Wildman–Crippen MR) is 90.5 cm³/mol. The second-order valence-corrected chi connectivity index (χ2v) is 5.13. The number of urea groups is 1. The van der Waals surface area contributed by atoms with E-state index in [1.807, 2.05) is 13.0 Å². The van der Waals surface area contributed by atoms with Crippen LogP contribution in [0.1, 0.15) is 17.2 Å². The average Bonchev–Trinajstić information content (AvgIpc) is 2.61. The Hall–Kier alpha value is -2.80. The van der Waals surface area contributed by atoms with Gasteiger partial charge in [-0.3, -0.25) is 5.32 Å². The summed E-state index contributed by atoms with van der Waals surface area (Å²) in [7, 11) is 3.06. The number of hydrogen-bond acceptors (Lipinski definition) is 5. The first-order valence-corrected chi connectivity index (χ1v) is 7.41. The summed E-state index contributed by atoms with van der Waals surface area (Å²) >= 11 is 0. The molecular formula is C17H21N3O4. The van der Waals surface area contributed by atoms with Crippen molar-refractivity contribution < 1.29 is 19.4 Å². The summed E-state index contributed by atoms with van der Waals surface area (Å²) in [6.45, 7) is 1.86. The Morgan fingerprint density at radius 1 is 1.29 bits per heavy atom. The van der Waals surface area contributed by atoms with E-state index in [1.165, 1.54) is 7.11 Å². The number of benzene rings is 1. The molecule has 0 unspecified atom stereocenters. The number of aromatic nitrogens is 1. The minimum Gasteiger partial charge on any atom is -0.497 e. The number of hydrogen-bond donors (Lipinski definition) is 3. The van der Waals surface area contributed by atoms with Crippen molar-refractivity contribution in [2.24, 2.45) is 0 Å². The molecule has 2 aromatic rings. The molecular weight excluding hydrogens is 310 g/mol. The molecule has 1 aromatic heterocycles. The zero-order valence-electron chi connectivity index (χ0n) is 13.9. The van der Waals surface area contributed by atoms with E-state index in [2.05, 4.69) is 15.6 Å². The van der Waals surface area contributed by atoms with Crippen LogP contribution in [0.4, 0.5) is 10.6 Å². The van der Waals surface area contributed by atoms with Gasteiger partial charge in [-0.1, -0.05) is 6.07 Å². The van der Waals surface area contributed by atoms with Crippen LogP contribution in [-0.4, -0.2) is 36.9 Å². The van der Waals surface area contributed by atoms with Crippen LogP contribution in [0.3, 0.4) is 0 Å². The summed E-state index contributed by atoms with van der Waals surface area (Å²) in [6.07, 6.45) is 0.657. The van der Waals surface area contributed by atoms with E-state index in [1.54, 1.807) is 37.6 Å². The van der Waals surface area contributed by atoms with Gasteiger partial charge in [-0.15, -0.1) is 0 Å². The van der Waals surface area contributed by atoms with Gasteiger partial charge in [-0.05, 0) is 36.8 Å². The Morgan fingerprint density at radius 3 is 2.75 bits per heavy atom. The first-order valence-electron chi connectivity index (χ1n) is 7.41. The first-order chi connectivity index (χ1) is 11.5. The largest absolute Gasteiger partial charge is 0.497 e. The Balaban J connectivity index is 1.99. The number of aliphatic hydroxyl groups excluding tert-OH is 1. The number of methoxy groups -OCH3 is 2. The number of carbonyl (C=O) groups is 1. The highest BCUT2D eigenvalue weighted by molar-refractivity contribution is 5.88. The van der Waals surface area contributed by atoms with E-state index in [9.17, 15) is 9.90 Å². The number of amides is 2. The summed E-state index contributed by atoms with van der Waals surface area (Å²) in [5, 5.41) is 15.6. The van der Waals surface area contributed by atoms with Crippen LogP contribution < -0.4 is 20.1 Å². The highest BCUT2D eigenvalue weighted by atomic mass is 16.5. The van der Waals surface area contributed by atoms with Gasteiger partial charge >= 0.3 is 6.03 Å². The van der Waals surface area contributed by atoms with E-state index in [0.717, 1.165) is 5.56 Å². The summed E-state index contributed by atoms with van der Waals surface area (Å²) < 4.78 is 10.4. The maximum atomic E-state index is 11.9. The van der Waals surface area contributed by atoms with Crippen LogP contribution in [-0.2, 0) is 0 Å². The van der Waals surface area contributed by atoms with Crippen molar-refractivity contribution in [2.45, 2.75) is 13.0 Å². The van der Waals surface area contributed by atoms with Crippen LogP contribution in [0.2, 0.25) is 0 Å². The van der Waals surface area contributed by atoms with Crippen LogP contribution in [0.15, 0.2) is 36.5 Å². The average molecular weight is 331 g/mol. The lowest BCUT2D eigenvalue weighted by Gasteiger charge is -2.17. The van der Waals surface area contributed by atoms with Crippen molar-refractivity contribution in [3.8, 4) is 11.5 Å². The third-order valence-electron chi connectivity index (χ3n) is 3.49. The monoisotopic (exact) mass is 331 g/mol. The molecule has 0 saturated heterocycles. The quantitative estimate of drug-likeness (QED) is 0.755. The van der Waals surface area contributed by atoms with Crippen molar-refractivity contribution in [1.29, 1.82) is 0 Å². The van der Waals surface area contributed by atoms with Gasteiger partial charge in [-0.25, -0.2) is 9.78 Å². The topological polar surface area (TPSA) is 92.7 Å². The maximum Gasteiger partial charge on any atom is 0.320 e. The van der Waals surface area contributed by atoms with E-state index in [4.69, 9.17) is 9.47 Å². The molecule has 0 spiro atoms. The van der Waals surface area contributed by atoms with Gasteiger partial charge in [0.2, 0.25) is 0 Å². The minimum atomic E-state index is -0.939. The third-order valence-corrected chi connectivity index (χ3v) is 3.49. The lowest BCUT2D eigenvalue weighted by molar-refractivity contribution is 0.170. The molecule has 1 atom stereocenters. The summed E-state index contributed by atoms with van der Waals surface area (Å²) in [4.78, 5) is 16.0. The fourth-order valence-electron chi connectivity index (χ4n) is 2.17. The number of anilines is 1. The lowest BCUT2D eigenvalue weighted by Crippen LogP contribution is -2.33. The van der Waals surface area contributed by atoms with Gasteiger partial charge < -0.3 is 19.9 Å². The number of aliphatic hydroxyl groups is 1. The Kier molecular flexibility index (Phi) is 5.97. The SMILES string of the molecule is COc1ccc(OC)c([C@H](O)CNC(=O)Nc2ncccc2C)c1. The number of carbonyl (C=O) groups excluding carboxylic acids is 1. The van der Waals surface area contributed by atoms with Crippen molar-refractivity contribution in [2.75, 3.05) is 26.1 Å². The third kappa shape index (κ3) is 4.36. The number of ether oxygens (including phenoxy) is 2. The van der Waals surface area contributed by atoms with Crippen LogP contribution in [0.25, 0.3) is 0 Å². The number of aryl methyl sites for hydroxylation is 1. The van der Waals surface area contributed by atoms with E-state index in [0.29, 0.717) is 22.9 Å². The molecule has 0 saturated carbocycles. The van der Waals surface area contributed by atoms with Crippen molar-refractivity contribution in [3.05, 3.63) is 47.7 Å². The van der Waals surface area contributed by atoms with E-state index in [-0.39, 0.29) is 6.54 Å². The molecule has 0 fully saturated rings. The van der Waals surface area contributed by atoms with E-state index >= 15 is 0 Å². The van der Waals surface area contributed by atoms with Gasteiger partial charge in [0.1, 0.15) is 23.4 Å². The van der Waals surface area contributed by atoms with Crippen molar-refractivity contribution in [1.82, 2.24) is 10.3 Å². The molecule has 128 valence electrons. The number of pyridine rings is 1. The van der Waals surface area contributed by atoms with Crippen LogP contribution >= 0.6 is 0 Å². The molecule has 0 bridgehead atoms. The Bertz CT molecular complexity index is 706. The molecule has 2 amide bonds. The summed E-state index contributed by atoms with van der Waals surface area (Å²) in [6, 6.07) is 8.30. The number of rotatable bonds is 6. The molecule has 1 aromatic carbocycles. The minimum absolute atomic E-state index is 0.0151. The molecule has 0 radical (unpaired) electrons. The molecule has 0 aliphatic rings. The van der Waals surface area contributed by atoms with Gasteiger partial charge in [0, 0.05) is 18.3 Å². The van der Waals surface area contributed by atoms with Gasteiger partial charge in [0.25, 0.3) is 0 Å². The number of nitrogens with zero attached hydrogens (tertiary/aromatic N) is 1. The van der Waals surface area contributed by atoms with E-state index < -0.39 is 12.1 Å². The van der Waals surface area contributed by atoms with Crippen molar-refractivity contribution >= 4 is 11.8 Å². The molecule has 7 nitrogen and oxygen atoms in total. The van der Waals surface area contributed by atoms with Crippen LogP contribution in [0.5, 0.6) is 11.5 Å². The highest BCUT2D eigenvalue weighted by Crippen LogP contribution is 2.29. The Labute approximate surface area is 140 Å². The predicted octanol–water partition coefficient (Wildman–Crippen LogP) is 2.26. The standard InChI is InChI=1S/C17H21N3O4/c1-11-5-4-8-18-16(11)20-17(22)19-10-14(21)13-9-12(23-2)6-7-15(13)24-3/h4-9,14,21H,10H2,1-3H3,(H2,18,19,20,22)/t14-/m1/s1. The summed E-state index contributed by atoms with van der Waals surface area (Å²) in [5.41, 5.74) is 1.38. The molecule has 3 N–H and O–H groups in total. The molecule has 1 heterocycles. The summed E-state index contributed by atoms with van der Waals surface area (Å²) in [5.74, 6) is 1.59. The molecule has 2 rings (SSSR count). The highest BCUT2D eigenvalue weighted by Gasteiger charge is 2.16. The zero-order valence-corrected chi connectivity index (χ0v) is 13.9. The molecule has 24 heavy (non-hydrogen) atoms. The first kappa shape index (κ1) is 17.6. The van der Waals surface area contributed by atoms with Crippen molar-refractivity contribution in [3.63, 3.8) is 0 Å². The normalized spacial score (nSPS) is 11.5. The molecule has 0 aliphatic carbocycles. The maximum absolute atomic E-state index is 11.9. The fraction of sp³-hybridized carbons (Fsp3) is 0.294. The molecule has 7 heteroatoms.